The Morgan fingerprint density at radius 1 is 0.938 bits per heavy atom. The lowest BCUT2D eigenvalue weighted by Gasteiger charge is -2.33. The van der Waals surface area contributed by atoms with Crippen molar-refractivity contribution < 1.29 is 14.3 Å². The van der Waals surface area contributed by atoms with Crippen LogP contribution in [0.1, 0.15) is 41.7 Å². The predicted octanol–water partition coefficient (Wildman–Crippen LogP) is 2.99. The highest BCUT2D eigenvalue weighted by molar-refractivity contribution is 5.94. The molecule has 2 saturated heterocycles. The maximum atomic E-state index is 13.0. The molecule has 172 valence electrons. The van der Waals surface area contributed by atoms with E-state index in [0.717, 1.165) is 55.7 Å². The first-order valence-electron chi connectivity index (χ1n) is 11.5. The molecular weight excluding hydrogens is 406 g/mol. The van der Waals surface area contributed by atoms with Crippen molar-refractivity contribution in [2.75, 3.05) is 38.2 Å². The molecule has 0 N–H and O–H groups in total. The Kier molecular flexibility index (Phi) is 6.84. The van der Waals surface area contributed by atoms with Crippen molar-refractivity contribution in [2.45, 2.75) is 44.8 Å². The molecule has 4 rings (SSSR count). The highest BCUT2D eigenvalue weighted by Gasteiger charge is 2.25. The van der Waals surface area contributed by atoms with E-state index < -0.39 is 0 Å². The predicted molar refractivity (Wildman–Crippen MR) is 125 cm³/mol. The number of hydrogen-bond acceptors (Lipinski definition) is 5. The number of pyridine rings is 1. The van der Waals surface area contributed by atoms with Gasteiger partial charge in [-0.15, -0.1) is 0 Å². The molecule has 2 aliphatic heterocycles. The van der Waals surface area contributed by atoms with E-state index >= 15 is 0 Å². The minimum absolute atomic E-state index is 0.0166. The number of nitrogens with zero attached hydrogens (tertiary/aromatic N) is 3. The fourth-order valence-corrected chi connectivity index (χ4v) is 4.52. The lowest BCUT2D eigenvalue weighted by molar-refractivity contribution is 0.0595. The summed E-state index contributed by atoms with van der Waals surface area (Å²) >= 11 is 0. The molecule has 7 nitrogen and oxygen atoms in total. The van der Waals surface area contributed by atoms with Crippen LogP contribution in [0, 0.1) is 6.92 Å². The zero-order chi connectivity index (χ0) is 22.7. The summed E-state index contributed by atoms with van der Waals surface area (Å²) < 4.78 is 13.1. The number of benzene rings is 1. The van der Waals surface area contributed by atoms with Gasteiger partial charge in [-0.3, -0.25) is 9.59 Å². The SMILES string of the molecule is COC1CCN(c2ccc(C(=O)N3CCC(Oc4cc(C)n(C)c(=O)c4)CC3)cc2)CC1. The van der Waals surface area contributed by atoms with E-state index in [-0.39, 0.29) is 17.6 Å². The van der Waals surface area contributed by atoms with Gasteiger partial charge in [-0.2, -0.15) is 0 Å². The Morgan fingerprint density at radius 3 is 2.16 bits per heavy atom. The van der Waals surface area contributed by atoms with Crippen molar-refractivity contribution in [1.82, 2.24) is 9.47 Å². The van der Waals surface area contributed by atoms with Gasteiger partial charge in [0, 0.05) is 76.2 Å². The van der Waals surface area contributed by atoms with Gasteiger partial charge >= 0.3 is 0 Å². The molecule has 0 spiro atoms. The van der Waals surface area contributed by atoms with E-state index in [9.17, 15) is 9.59 Å². The third-order valence-corrected chi connectivity index (χ3v) is 6.76. The van der Waals surface area contributed by atoms with Crippen LogP contribution in [0.15, 0.2) is 41.2 Å². The fourth-order valence-electron chi connectivity index (χ4n) is 4.52. The number of aryl methyl sites for hydroxylation is 1. The number of amides is 1. The minimum Gasteiger partial charge on any atom is -0.490 e. The lowest BCUT2D eigenvalue weighted by atomic mass is 10.0. The Labute approximate surface area is 189 Å². The van der Waals surface area contributed by atoms with Crippen molar-refractivity contribution in [3.05, 3.63) is 58.0 Å². The third kappa shape index (κ3) is 4.99. The summed E-state index contributed by atoms with van der Waals surface area (Å²) in [5, 5.41) is 0. The second-order valence-electron chi connectivity index (χ2n) is 8.81. The van der Waals surface area contributed by atoms with Gasteiger partial charge < -0.3 is 23.8 Å². The maximum Gasteiger partial charge on any atom is 0.254 e. The standard InChI is InChI=1S/C25H33N3O4/c1-18-16-23(17-24(29)26(18)2)32-22-10-14-28(15-11-22)25(30)19-4-6-20(7-5-19)27-12-8-21(31-3)9-13-27/h4-7,16-17,21-22H,8-15H2,1-3H3. The molecule has 3 heterocycles. The molecule has 0 aliphatic carbocycles. The molecule has 2 aromatic rings. The Balaban J connectivity index is 1.30. The zero-order valence-corrected chi connectivity index (χ0v) is 19.3. The van der Waals surface area contributed by atoms with Crippen LogP contribution in [0.25, 0.3) is 0 Å². The van der Waals surface area contributed by atoms with Crippen LogP contribution >= 0.6 is 0 Å². The summed E-state index contributed by atoms with van der Waals surface area (Å²) in [6.45, 7) is 5.15. The molecule has 0 bridgehead atoms. The minimum atomic E-state index is -0.0703. The highest BCUT2D eigenvalue weighted by atomic mass is 16.5. The van der Waals surface area contributed by atoms with Gasteiger partial charge in [0.2, 0.25) is 0 Å². The molecule has 32 heavy (non-hydrogen) atoms. The summed E-state index contributed by atoms with van der Waals surface area (Å²) in [6.07, 6.45) is 3.95. The summed E-state index contributed by atoms with van der Waals surface area (Å²) in [4.78, 5) is 29.2. The van der Waals surface area contributed by atoms with Crippen LogP contribution in [0.3, 0.4) is 0 Å². The van der Waals surface area contributed by atoms with E-state index in [1.54, 1.807) is 18.7 Å². The number of piperidine rings is 2. The monoisotopic (exact) mass is 439 g/mol. The Morgan fingerprint density at radius 2 is 1.56 bits per heavy atom. The van der Waals surface area contributed by atoms with Gasteiger partial charge in [0.15, 0.2) is 0 Å². The van der Waals surface area contributed by atoms with E-state index in [0.29, 0.717) is 24.9 Å². The lowest BCUT2D eigenvalue weighted by Crippen LogP contribution is -2.42. The number of carbonyl (C=O) groups excluding carboxylic acids is 1. The van der Waals surface area contributed by atoms with Gasteiger partial charge in [0.25, 0.3) is 11.5 Å². The number of ether oxygens (including phenoxy) is 2. The van der Waals surface area contributed by atoms with E-state index in [4.69, 9.17) is 9.47 Å². The number of methoxy groups -OCH3 is 1. The smallest absolute Gasteiger partial charge is 0.254 e. The number of likely N-dealkylation sites (tertiary alicyclic amines) is 1. The Bertz CT molecular complexity index is 985. The average molecular weight is 440 g/mol. The normalized spacial score (nSPS) is 18.1. The first kappa shape index (κ1) is 22.4. The van der Waals surface area contributed by atoms with Crippen molar-refractivity contribution in [2.24, 2.45) is 7.05 Å². The molecule has 2 fully saturated rings. The van der Waals surface area contributed by atoms with Crippen LogP contribution in [-0.2, 0) is 11.8 Å². The van der Waals surface area contributed by atoms with Gasteiger partial charge in [-0.05, 0) is 50.1 Å². The molecule has 1 aromatic heterocycles. The van der Waals surface area contributed by atoms with Crippen LogP contribution in [0.5, 0.6) is 5.75 Å². The van der Waals surface area contributed by atoms with Crippen LogP contribution in [0.4, 0.5) is 5.69 Å². The number of anilines is 1. The summed E-state index contributed by atoms with van der Waals surface area (Å²) in [6, 6.07) is 11.4. The molecule has 0 atom stereocenters. The van der Waals surface area contributed by atoms with Crippen LogP contribution in [0.2, 0.25) is 0 Å². The second-order valence-corrected chi connectivity index (χ2v) is 8.81. The van der Waals surface area contributed by atoms with E-state index in [2.05, 4.69) is 17.0 Å². The second kappa shape index (κ2) is 9.77. The number of carbonyl (C=O) groups is 1. The average Bonchev–Trinajstić information content (AvgIpc) is 2.83. The molecule has 2 aliphatic rings. The summed E-state index contributed by atoms with van der Waals surface area (Å²) in [5.74, 6) is 0.679. The topological polar surface area (TPSA) is 64.0 Å². The van der Waals surface area contributed by atoms with Gasteiger partial charge in [0.1, 0.15) is 11.9 Å². The number of aromatic nitrogens is 1. The molecule has 0 unspecified atom stereocenters. The van der Waals surface area contributed by atoms with Crippen molar-refractivity contribution in [1.29, 1.82) is 0 Å². The number of rotatable bonds is 5. The van der Waals surface area contributed by atoms with Gasteiger partial charge in [-0.1, -0.05) is 0 Å². The molecule has 7 heteroatoms. The van der Waals surface area contributed by atoms with Gasteiger partial charge in [0.05, 0.1) is 6.10 Å². The van der Waals surface area contributed by atoms with Crippen molar-refractivity contribution in [3.63, 3.8) is 0 Å². The third-order valence-electron chi connectivity index (χ3n) is 6.76. The van der Waals surface area contributed by atoms with E-state index in [1.165, 1.54) is 6.07 Å². The highest BCUT2D eigenvalue weighted by Crippen LogP contribution is 2.23. The largest absolute Gasteiger partial charge is 0.490 e. The molecule has 1 amide bonds. The fraction of sp³-hybridized carbons (Fsp3) is 0.520. The first-order chi connectivity index (χ1) is 15.4. The van der Waals surface area contributed by atoms with Crippen LogP contribution in [-0.4, -0.2) is 60.9 Å². The summed E-state index contributed by atoms with van der Waals surface area (Å²) in [5.41, 5.74) is 2.68. The van der Waals surface area contributed by atoms with Crippen LogP contribution < -0.4 is 15.2 Å². The number of hydrogen-bond donors (Lipinski definition) is 0. The zero-order valence-electron chi connectivity index (χ0n) is 19.3. The maximum absolute atomic E-state index is 13.0. The molecule has 1 aromatic carbocycles. The quantitative estimate of drug-likeness (QED) is 0.717. The Hall–Kier alpha value is -2.80. The molecular formula is C25H33N3O4. The van der Waals surface area contributed by atoms with Crippen molar-refractivity contribution >= 4 is 11.6 Å². The van der Waals surface area contributed by atoms with E-state index in [1.807, 2.05) is 30.0 Å². The van der Waals surface area contributed by atoms with Gasteiger partial charge in [-0.25, -0.2) is 0 Å². The molecule has 0 saturated carbocycles. The molecule has 0 radical (unpaired) electrons. The summed E-state index contributed by atoms with van der Waals surface area (Å²) in [7, 11) is 3.53. The first-order valence-corrected chi connectivity index (χ1v) is 11.5. The van der Waals surface area contributed by atoms with Crippen molar-refractivity contribution in [3.8, 4) is 5.75 Å².